The van der Waals surface area contributed by atoms with E-state index >= 15 is 0 Å². The predicted octanol–water partition coefficient (Wildman–Crippen LogP) is 3.01. The van der Waals surface area contributed by atoms with Gasteiger partial charge in [-0.05, 0) is 31.5 Å². The van der Waals surface area contributed by atoms with Crippen molar-refractivity contribution in [3.63, 3.8) is 0 Å². The third kappa shape index (κ3) is 3.95. The molecule has 0 aromatic carbocycles. The number of rotatable bonds is 5. The zero-order valence-corrected chi connectivity index (χ0v) is 18.5. The highest BCUT2D eigenvalue weighted by Gasteiger charge is 2.40. The first kappa shape index (κ1) is 20.8. The molecule has 10 nitrogen and oxygen atoms in total. The van der Waals surface area contributed by atoms with E-state index in [1.165, 1.54) is 6.20 Å². The largest absolute Gasteiger partial charge is 0.477 e. The van der Waals surface area contributed by atoms with E-state index in [2.05, 4.69) is 30.2 Å². The monoisotopic (exact) mass is 444 g/mol. The summed E-state index contributed by atoms with van der Waals surface area (Å²) in [5.74, 6) is 1.56. The minimum Gasteiger partial charge on any atom is -0.477 e. The summed E-state index contributed by atoms with van der Waals surface area (Å²) in [5.41, 5.74) is 3.25. The molecule has 1 atom stereocenters. The van der Waals surface area contributed by atoms with Crippen molar-refractivity contribution in [2.24, 2.45) is 4.99 Å². The predicted molar refractivity (Wildman–Crippen MR) is 126 cm³/mol. The molecule has 0 unspecified atom stereocenters. The summed E-state index contributed by atoms with van der Waals surface area (Å²) in [6, 6.07) is 5.70. The SMILES string of the molecule is CCOc1ncc(-c2ccc3c(n2)N(C(=O)Nc2cnccn2)[C@H]2CCN3C2)cc1/C=N/C. The van der Waals surface area contributed by atoms with Gasteiger partial charge >= 0.3 is 6.03 Å². The van der Waals surface area contributed by atoms with Gasteiger partial charge in [0.2, 0.25) is 5.88 Å². The maximum atomic E-state index is 13.3. The van der Waals surface area contributed by atoms with Gasteiger partial charge in [-0.2, -0.15) is 0 Å². The average Bonchev–Trinajstić information content (AvgIpc) is 3.25. The smallest absolute Gasteiger partial charge is 0.329 e. The third-order valence-corrected chi connectivity index (χ3v) is 5.69. The number of carbonyl (C=O) groups excluding carboxylic acids is 1. The van der Waals surface area contributed by atoms with Crippen molar-refractivity contribution in [3.05, 3.63) is 48.5 Å². The van der Waals surface area contributed by atoms with E-state index in [0.717, 1.165) is 42.0 Å². The molecule has 1 saturated heterocycles. The van der Waals surface area contributed by atoms with Gasteiger partial charge in [0, 0.05) is 50.5 Å². The number of amides is 2. The van der Waals surface area contributed by atoms with Crippen LogP contribution in [-0.4, -0.2) is 65.0 Å². The number of nitrogens with one attached hydrogen (secondary N) is 1. The van der Waals surface area contributed by atoms with E-state index in [9.17, 15) is 4.79 Å². The summed E-state index contributed by atoms with van der Waals surface area (Å²) in [5, 5.41) is 2.85. The van der Waals surface area contributed by atoms with Crippen molar-refractivity contribution in [2.75, 3.05) is 41.9 Å². The van der Waals surface area contributed by atoms with Gasteiger partial charge in [0.25, 0.3) is 0 Å². The molecule has 0 saturated carbocycles. The fourth-order valence-electron chi connectivity index (χ4n) is 4.26. The fourth-order valence-corrected chi connectivity index (χ4v) is 4.26. The lowest BCUT2D eigenvalue weighted by atomic mass is 10.1. The van der Waals surface area contributed by atoms with Crippen LogP contribution < -0.4 is 19.9 Å². The lowest BCUT2D eigenvalue weighted by molar-refractivity contribution is 0.254. The Morgan fingerprint density at radius 3 is 3.00 bits per heavy atom. The number of ether oxygens (including phenoxy) is 1. The molecule has 5 heterocycles. The van der Waals surface area contributed by atoms with Crippen LogP contribution in [0.3, 0.4) is 0 Å². The number of fused-ring (bicyclic) bond motifs is 4. The van der Waals surface area contributed by atoms with E-state index < -0.39 is 0 Å². The molecular formula is C23H24N8O2. The number of pyridine rings is 2. The third-order valence-electron chi connectivity index (χ3n) is 5.69. The van der Waals surface area contributed by atoms with Gasteiger partial charge in [0.1, 0.15) is 0 Å². The molecule has 1 N–H and O–H groups in total. The number of hydrogen-bond donors (Lipinski definition) is 1. The second kappa shape index (κ2) is 8.81. The van der Waals surface area contributed by atoms with Crippen LogP contribution in [0.4, 0.5) is 22.1 Å². The van der Waals surface area contributed by atoms with Gasteiger partial charge in [0.15, 0.2) is 11.6 Å². The first-order valence-corrected chi connectivity index (χ1v) is 10.9. The Labute approximate surface area is 191 Å². The Balaban J connectivity index is 1.52. The lowest BCUT2D eigenvalue weighted by Crippen LogP contribution is -2.48. The van der Waals surface area contributed by atoms with Gasteiger partial charge in [-0.1, -0.05) is 0 Å². The van der Waals surface area contributed by atoms with Crippen LogP contribution in [0.2, 0.25) is 0 Å². The molecule has 2 bridgehead atoms. The fraction of sp³-hybridized carbons (Fsp3) is 0.304. The minimum atomic E-state index is -0.267. The van der Waals surface area contributed by atoms with E-state index in [-0.39, 0.29) is 12.1 Å². The Bertz CT molecular complexity index is 1200. The first-order chi connectivity index (χ1) is 16.2. The number of carbonyl (C=O) groups is 1. The second-order valence-electron chi connectivity index (χ2n) is 7.76. The zero-order chi connectivity index (χ0) is 22.8. The molecule has 2 amide bonds. The van der Waals surface area contributed by atoms with Gasteiger partial charge in [-0.3, -0.25) is 20.2 Å². The van der Waals surface area contributed by atoms with Crippen molar-refractivity contribution in [1.82, 2.24) is 19.9 Å². The molecule has 33 heavy (non-hydrogen) atoms. The molecule has 0 spiro atoms. The average molecular weight is 444 g/mol. The second-order valence-corrected chi connectivity index (χ2v) is 7.76. The van der Waals surface area contributed by atoms with Crippen LogP contribution in [0.15, 0.2) is 48.0 Å². The molecule has 168 valence electrons. The molecular weight excluding hydrogens is 420 g/mol. The summed E-state index contributed by atoms with van der Waals surface area (Å²) in [6.07, 6.45) is 8.96. The highest BCUT2D eigenvalue weighted by atomic mass is 16.5. The molecule has 3 aromatic heterocycles. The zero-order valence-electron chi connectivity index (χ0n) is 18.5. The van der Waals surface area contributed by atoms with Crippen LogP contribution in [-0.2, 0) is 0 Å². The molecule has 2 aliphatic heterocycles. The molecule has 1 fully saturated rings. The molecule has 10 heteroatoms. The summed E-state index contributed by atoms with van der Waals surface area (Å²) < 4.78 is 5.61. The van der Waals surface area contributed by atoms with E-state index in [1.807, 2.05) is 25.1 Å². The summed E-state index contributed by atoms with van der Waals surface area (Å²) in [7, 11) is 1.71. The van der Waals surface area contributed by atoms with E-state index in [0.29, 0.717) is 24.1 Å². The van der Waals surface area contributed by atoms with Crippen molar-refractivity contribution < 1.29 is 9.53 Å². The molecule has 3 aromatic rings. The van der Waals surface area contributed by atoms with Crippen LogP contribution >= 0.6 is 0 Å². The van der Waals surface area contributed by atoms with Gasteiger partial charge in [0.05, 0.1) is 35.8 Å². The normalized spacial score (nSPS) is 16.7. The Hall–Kier alpha value is -4.08. The first-order valence-electron chi connectivity index (χ1n) is 10.9. The summed E-state index contributed by atoms with van der Waals surface area (Å²) in [4.78, 5) is 38.9. The number of anilines is 3. The summed E-state index contributed by atoms with van der Waals surface area (Å²) >= 11 is 0. The number of urea groups is 1. The van der Waals surface area contributed by atoms with Crippen molar-refractivity contribution in [2.45, 2.75) is 19.4 Å². The van der Waals surface area contributed by atoms with Crippen LogP contribution in [0, 0.1) is 0 Å². The molecule has 5 rings (SSSR count). The lowest BCUT2D eigenvalue weighted by Gasteiger charge is -2.35. The Morgan fingerprint density at radius 2 is 2.21 bits per heavy atom. The molecule has 2 aliphatic rings. The van der Waals surface area contributed by atoms with Crippen molar-refractivity contribution in [3.8, 4) is 17.1 Å². The quantitative estimate of drug-likeness (QED) is 0.603. The van der Waals surface area contributed by atoms with E-state index in [1.54, 1.807) is 36.8 Å². The maximum Gasteiger partial charge on any atom is 0.329 e. The van der Waals surface area contributed by atoms with Crippen LogP contribution in [0.5, 0.6) is 5.88 Å². The topological polar surface area (TPSA) is 109 Å². The van der Waals surface area contributed by atoms with Gasteiger partial charge < -0.3 is 9.64 Å². The Kier molecular flexibility index (Phi) is 5.55. The van der Waals surface area contributed by atoms with Crippen molar-refractivity contribution in [1.29, 1.82) is 0 Å². The number of aromatic nitrogens is 4. The molecule has 0 radical (unpaired) electrons. The van der Waals surface area contributed by atoms with E-state index in [4.69, 9.17) is 9.72 Å². The standard InChI is InChI=1S/C23H24N8O2/c1-3-33-22-16(11-24-2)10-15(12-27-22)18-4-5-19-21(28-18)31(17-6-9-30(19)14-17)23(32)29-20-13-25-7-8-26-20/h4-5,7-8,10-13,17H,3,6,9,14H2,1-2H3,(H,26,29,32)/b24-11+/t17-/m0/s1. The van der Waals surface area contributed by atoms with Crippen LogP contribution in [0.1, 0.15) is 18.9 Å². The number of hydrogen-bond acceptors (Lipinski definition) is 8. The van der Waals surface area contributed by atoms with Gasteiger partial charge in [-0.15, -0.1) is 0 Å². The molecule has 0 aliphatic carbocycles. The highest BCUT2D eigenvalue weighted by molar-refractivity contribution is 6.04. The van der Waals surface area contributed by atoms with Crippen molar-refractivity contribution >= 4 is 29.6 Å². The van der Waals surface area contributed by atoms with Crippen LogP contribution in [0.25, 0.3) is 11.3 Å². The number of nitrogens with zero attached hydrogens (tertiary/aromatic N) is 7. The minimum absolute atomic E-state index is 0.0400. The Morgan fingerprint density at radius 1 is 1.30 bits per heavy atom. The maximum absolute atomic E-state index is 13.3. The summed E-state index contributed by atoms with van der Waals surface area (Å²) in [6.45, 7) is 4.10. The highest BCUT2D eigenvalue weighted by Crippen LogP contribution is 2.40. The number of aliphatic imine (C=N–C) groups is 1. The van der Waals surface area contributed by atoms with Gasteiger partial charge in [-0.25, -0.2) is 19.7 Å².